The standard InChI is InChI=1S/C12H10O5/c13-6-2-1-3-8-7-9(11(14)15)4-5-10(8)12(16)17/h1,3-7H,2H2,(H,14,15)(H,16,17). The van der Waals surface area contributed by atoms with E-state index in [0.29, 0.717) is 6.29 Å². The number of carbonyl (C=O) groups excluding carboxylic acids is 1. The molecule has 0 spiro atoms. The molecule has 5 nitrogen and oxygen atoms in total. The van der Waals surface area contributed by atoms with Gasteiger partial charge in [-0.3, -0.25) is 0 Å². The van der Waals surface area contributed by atoms with Crippen LogP contribution in [0.2, 0.25) is 0 Å². The van der Waals surface area contributed by atoms with Crippen molar-refractivity contribution in [3.8, 4) is 0 Å². The summed E-state index contributed by atoms with van der Waals surface area (Å²) in [6.07, 6.45) is 3.71. The minimum Gasteiger partial charge on any atom is -0.478 e. The van der Waals surface area contributed by atoms with Gasteiger partial charge in [-0.05, 0) is 23.8 Å². The number of hydrogen-bond donors (Lipinski definition) is 2. The fourth-order valence-electron chi connectivity index (χ4n) is 1.28. The molecule has 1 aromatic rings. The summed E-state index contributed by atoms with van der Waals surface area (Å²) in [6.45, 7) is 0. The quantitative estimate of drug-likeness (QED) is 0.756. The second kappa shape index (κ2) is 5.60. The first-order chi connectivity index (χ1) is 8.06. The zero-order valence-electron chi connectivity index (χ0n) is 8.79. The molecule has 0 aromatic heterocycles. The zero-order chi connectivity index (χ0) is 12.8. The maximum atomic E-state index is 10.9. The van der Waals surface area contributed by atoms with E-state index in [4.69, 9.17) is 10.2 Å². The van der Waals surface area contributed by atoms with Crippen molar-refractivity contribution in [2.75, 3.05) is 0 Å². The zero-order valence-corrected chi connectivity index (χ0v) is 8.79. The van der Waals surface area contributed by atoms with Gasteiger partial charge in [-0.25, -0.2) is 9.59 Å². The van der Waals surface area contributed by atoms with Crippen LogP contribution in [0.1, 0.15) is 32.7 Å². The molecule has 0 radical (unpaired) electrons. The summed E-state index contributed by atoms with van der Waals surface area (Å²) in [7, 11) is 0. The first kappa shape index (κ1) is 12.6. The van der Waals surface area contributed by atoms with E-state index in [2.05, 4.69) is 0 Å². The summed E-state index contributed by atoms with van der Waals surface area (Å²) < 4.78 is 0. The first-order valence-corrected chi connectivity index (χ1v) is 4.77. The highest BCUT2D eigenvalue weighted by Gasteiger charge is 2.11. The molecular formula is C12H10O5. The van der Waals surface area contributed by atoms with E-state index in [9.17, 15) is 14.4 Å². The Bertz CT molecular complexity index is 488. The van der Waals surface area contributed by atoms with E-state index >= 15 is 0 Å². The summed E-state index contributed by atoms with van der Waals surface area (Å²) in [5.74, 6) is -2.28. The lowest BCUT2D eigenvalue weighted by Crippen LogP contribution is -2.03. The van der Waals surface area contributed by atoms with Crippen LogP contribution in [-0.4, -0.2) is 28.4 Å². The monoisotopic (exact) mass is 234 g/mol. The van der Waals surface area contributed by atoms with Gasteiger partial charge in [0.2, 0.25) is 0 Å². The van der Waals surface area contributed by atoms with Crippen molar-refractivity contribution < 1.29 is 24.6 Å². The molecule has 0 heterocycles. The van der Waals surface area contributed by atoms with E-state index in [1.54, 1.807) is 0 Å². The molecule has 0 saturated carbocycles. The Morgan fingerprint density at radius 3 is 2.41 bits per heavy atom. The van der Waals surface area contributed by atoms with Crippen molar-refractivity contribution in [3.63, 3.8) is 0 Å². The van der Waals surface area contributed by atoms with E-state index in [0.717, 1.165) is 0 Å². The third-order valence-electron chi connectivity index (χ3n) is 2.06. The minimum atomic E-state index is -1.15. The Morgan fingerprint density at radius 2 is 1.88 bits per heavy atom. The maximum Gasteiger partial charge on any atom is 0.336 e. The van der Waals surface area contributed by atoms with Gasteiger partial charge in [-0.15, -0.1) is 0 Å². The van der Waals surface area contributed by atoms with Crippen LogP contribution in [0.5, 0.6) is 0 Å². The molecule has 0 aliphatic carbocycles. The second-order valence-corrected chi connectivity index (χ2v) is 3.22. The van der Waals surface area contributed by atoms with Crippen LogP contribution in [0.25, 0.3) is 6.08 Å². The summed E-state index contributed by atoms with van der Waals surface area (Å²) >= 11 is 0. The highest BCUT2D eigenvalue weighted by molar-refractivity contribution is 5.95. The number of allylic oxidation sites excluding steroid dienone is 1. The topological polar surface area (TPSA) is 91.7 Å². The number of carbonyl (C=O) groups is 3. The van der Waals surface area contributed by atoms with Crippen molar-refractivity contribution in [2.45, 2.75) is 6.42 Å². The normalized spacial score (nSPS) is 10.4. The molecule has 1 rings (SSSR count). The van der Waals surface area contributed by atoms with Crippen molar-refractivity contribution >= 4 is 24.3 Å². The average Bonchev–Trinajstić information content (AvgIpc) is 2.28. The Labute approximate surface area is 97.0 Å². The minimum absolute atomic E-state index is 0.000697. The van der Waals surface area contributed by atoms with Crippen LogP contribution in [0.3, 0.4) is 0 Å². The summed E-state index contributed by atoms with van der Waals surface area (Å²) in [5.41, 5.74) is 0.261. The van der Waals surface area contributed by atoms with E-state index in [1.165, 1.54) is 30.4 Å². The smallest absolute Gasteiger partial charge is 0.336 e. The van der Waals surface area contributed by atoms with Crippen molar-refractivity contribution in [2.24, 2.45) is 0 Å². The van der Waals surface area contributed by atoms with Crippen LogP contribution in [0, 0.1) is 0 Å². The lowest BCUT2D eigenvalue weighted by atomic mass is 10.0. The third-order valence-corrected chi connectivity index (χ3v) is 2.06. The van der Waals surface area contributed by atoms with Crippen LogP contribution in [-0.2, 0) is 4.79 Å². The van der Waals surface area contributed by atoms with Gasteiger partial charge in [-0.2, -0.15) is 0 Å². The summed E-state index contributed by atoms with van der Waals surface area (Å²) in [4.78, 5) is 31.7. The second-order valence-electron chi connectivity index (χ2n) is 3.22. The number of aldehydes is 1. The van der Waals surface area contributed by atoms with Gasteiger partial charge in [0.1, 0.15) is 6.29 Å². The Kier molecular flexibility index (Phi) is 4.16. The molecule has 0 saturated heterocycles. The van der Waals surface area contributed by atoms with Crippen LogP contribution < -0.4 is 0 Å². The number of carboxylic acid groups (broad SMARTS) is 2. The Morgan fingerprint density at radius 1 is 1.18 bits per heavy atom. The van der Waals surface area contributed by atoms with Gasteiger partial charge in [-0.1, -0.05) is 12.2 Å². The third kappa shape index (κ3) is 3.27. The molecule has 17 heavy (non-hydrogen) atoms. The van der Waals surface area contributed by atoms with Crippen LogP contribution in [0.4, 0.5) is 0 Å². The van der Waals surface area contributed by atoms with Crippen LogP contribution in [0.15, 0.2) is 24.3 Å². The van der Waals surface area contributed by atoms with E-state index in [-0.39, 0.29) is 23.1 Å². The highest BCUT2D eigenvalue weighted by atomic mass is 16.4. The molecule has 0 unspecified atom stereocenters. The summed E-state index contributed by atoms with van der Waals surface area (Å²) in [5, 5.41) is 17.7. The predicted molar refractivity (Wildman–Crippen MR) is 60.1 cm³/mol. The number of carboxylic acids is 2. The first-order valence-electron chi connectivity index (χ1n) is 4.77. The van der Waals surface area contributed by atoms with Gasteiger partial charge >= 0.3 is 11.9 Å². The lowest BCUT2D eigenvalue weighted by Gasteiger charge is -2.02. The van der Waals surface area contributed by atoms with Crippen molar-refractivity contribution in [1.82, 2.24) is 0 Å². The van der Waals surface area contributed by atoms with Crippen LogP contribution >= 0.6 is 0 Å². The number of rotatable bonds is 5. The van der Waals surface area contributed by atoms with Crippen molar-refractivity contribution in [1.29, 1.82) is 0 Å². The highest BCUT2D eigenvalue weighted by Crippen LogP contribution is 2.14. The Hall–Kier alpha value is -2.43. The molecule has 88 valence electrons. The van der Waals surface area contributed by atoms with E-state index < -0.39 is 11.9 Å². The van der Waals surface area contributed by atoms with Gasteiger partial charge in [0.05, 0.1) is 11.1 Å². The molecule has 5 heteroatoms. The van der Waals surface area contributed by atoms with Gasteiger partial charge in [0.15, 0.2) is 0 Å². The Balaban J connectivity index is 3.20. The fourth-order valence-corrected chi connectivity index (χ4v) is 1.28. The maximum absolute atomic E-state index is 10.9. The fraction of sp³-hybridized carbons (Fsp3) is 0.0833. The SMILES string of the molecule is O=CCC=Cc1cc(C(=O)O)ccc1C(=O)O. The lowest BCUT2D eigenvalue weighted by molar-refractivity contribution is -0.107. The molecule has 0 bridgehead atoms. The average molecular weight is 234 g/mol. The van der Waals surface area contributed by atoms with Gasteiger partial charge < -0.3 is 15.0 Å². The predicted octanol–water partition coefficient (Wildman–Crippen LogP) is 1.69. The summed E-state index contributed by atoms with van der Waals surface area (Å²) in [6, 6.07) is 3.71. The number of benzene rings is 1. The molecular weight excluding hydrogens is 224 g/mol. The van der Waals surface area contributed by atoms with Crippen molar-refractivity contribution in [3.05, 3.63) is 41.0 Å². The molecule has 0 aliphatic heterocycles. The van der Waals surface area contributed by atoms with E-state index in [1.807, 2.05) is 0 Å². The molecule has 0 aliphatic rings. The molecule has 0 amide bonds. The molecule has 0 fully saturated rings. The largest absolute Gasteiger partial charge is 0.478 e. The van der Waals surface area contributed by atoms with Gasteiger partial charge in [0.25, 0.3) is 0 Å². The number of hydrogen-bond acceptors (Lipinski definition) is 3. The molecule has 2 N–H and O–H groups in total. The molecule has 1 aromatic carbocycles. The van der Waals surface area contributed by atoms with Gasteiger partial charge in [0, 0.05) is 6.42 Å². The number of aromatic carboxylic acids is 2. The molecule has 0 atom stereocenters.